The summed E-state index contributed by atoms with van der Waals surface area (Å²) in [6.07, 6.45) is 5.84. The zero-order valence-electron chi connectivity index (χ0n) is 15.7. The summed E-state index contributed by atoms with van der Waals surface area (Å²) < 4.78 is 0. The Balaban J connectivity index is 1.73. The van der Waals surface area contributed by atoms with E-state index in [9.17, 15) is 0 Å². The fourth-order valence-electron chi connectivity index (χ4n) is 3.65. The molecule has 0 aliphatic carbocycles. The van der Waals surface area contributed by atoms with Crippen LogP contribution in [0.5, 0.6) is 0 Å². The normalized spacial score (nSPS) is 15.6. The number of nitrogens with one attached hydrogen (secondary N) is 1. The molecule has 0 bridgehead atoms. The molecule has 1 aromatic carbocycles. The second-order valence-electron chi connectivity index (χ2n) is 7.04. The summed E-state index contributed by atoms with van der Waals surface area (Å²) in [5.41, 5.74) is 12.5. The number of pyridine rings is 1. The quantitative estimate of drug-likeness (QED) is 0.553. The van der Waals surface area contributed by atoms with Gasteiger partial charge in [-0.25, -0.2) is 15.0 Å². The third-order valence-corrected chi connectivity index (χ3v) is 5.16. The van der Waals surface area contributed by atoms with E-state index in [1.165, 1.54) is 0 Å². The summed E-state index contributed by atoms with van der Waals surface area (Å²) in [6.45, 7) is 4.13. The van der Waals surface area contributed by atoms with Crippen LogP contribution in [0.1, 0.15) is 35.6 Å². The number of anilines is 1. The van der Waals surface area contributed by atoms with E-state index in [2.05, 4.69) is 27.4 Å². The van der Waals surface area contributed by atoms with Crippen LogP contribution in [0.25, 0.3) is 22.4 Å². The maximum Gasteiger partial charge on any atom is 0.160 e. The summed E-state index contributed by atoms with van der Waals surface area (Å²) in [6, 6.07) is 8.11. The van der Waals surface area contributed by atoms with Gasteiger partial charge in [0.05, 0.1) is 11.7 Å². The van der Waals surface area contributed by atoms with E-state index in [1.54, 1.807) is 13.3 Å². The van der Waals surface area contributed by atoms with Gasteiger partial charge in [-0.1, -0.05) is 0 Å². The number of nitrogens with two attached hydrogens (primary N) is 1. The molecule has 6 heteroatoms. The molecule has 0 atom stereocenters. The minimum absolute atomic E-state index is 0.519. The molecular weight excluding hydrogens is 336 g/mol. The summed E-state index contributed by atoms with van der Waals surface area (Å²) in [5.74, 6) is 1.20. The Hall–Kier alpha value is -2.86. The molecule has 0 spiro atoms. The van der Waals surface area contributed by atoms with Crippen molar-refractivity contribution < 1.29 is 0 Å². The number of hydrogen-bond donors (Lipinski definition) is 2. The molecule has 0 saturated carbocycles. The molecule has 1 fully saturated rings. The van der Waals surface area contributed by atoms with Crippen LogP contribution in [-0.2, 0) is 0 Å². The lowest BCUT2D eigenvalue weighted by atomic mass is 9.94. The van der Waals surface area contributed by atoms with E-state index < -0.39 is 0 Å². The minimum atomic E-state index is 0.519. The van der Waals surface area contributed by atoms with Gasteiger partial charge in [0.2, 0.25) is 0 Å². The van der Waals surface area contributed by atoms with Gasteiger partial charge >= 0.3 is 0 Å². The Morgan fingerprint density at radius 3 is 2.74 bits per heavy atom. The predicted octanol–water partition coefficient (Wildman–Crippen LogP) is 3.10. The Morgan fingerprint density at radius 1 is 1.15 bits per heavy atom. The summed E-state index contributed by atoms with van der Waals surface area (Å²) in [5, 5.41) is 3.40. The Labute approximate surface area is 159 Å². The minimum Gasteiger partial charge on any atom is -0.398 e. The first-order chi connectivity index (χ1) is 13.2. The van der Waals surface area contributed by atoms with Crippen molar-refractivity contribution >= 4 is 22.9 Å². The van der Waals surface area contributed by atoms with Crippen LogP contribution in [0.15, 0.2) is 35.5 Å². The third-order valence-electron chi connectivity index (χ3n) is 5.16. The molecule has 3 N–H and O–H groups in total. The second kappa shape index (κ2) is 7.40. The number of nitrogen functional groups attached to an aromatic ring is 1. The van der Waals surface area contributed by atoms with Crippen molar-refractivity contribution in [2.45, 2.75) is 25.7 Å². The van der Waals surface area contributed by atoms with Gasteiger partial charge in [0.1, 0.15) is 5.52 Å². The van der Waals surface area contributed by atoms with Gasteiger partial charge in [-0.3, -0.25) is 4.99 Å². The van der Waals surface area contributed by atoms with Gasteiger partial charge in [-0.15, -0.1) is 0 Å². The van der Waals surface area contributed by atoms with E-state index in [4.69, 9.17) is 15.7 Å². The monoisotopic (exact) mass is 360 g/mol. The molecule has 1 aliphatic heterocycles. The van der Waals surface area contributed by atoms with Gasteiger partial charge in [-0.05, 0) is 62.7 Å². The molecule has 0 unspecified atom stereocenters. The lowest BCUT2D eigenvalue weighted by Crippen LogP contribution is -2.27. The fraction of sp³-hybridized carbons (Fsp3) is 0.333. The predicted molar refractivity (Wildman–Crippen MR) is 110 cm³/mol. The largest absolute Gasteiger partial charge is 0.398 e. The summed E-state index contributed by atoms with van der Waals surface area (Å²) in [7, 11) is 1.73. The second-order valence-corrected chi connectivity index (χ2v) is 7.04. The molecule has 3 heterocycles. The van der Waals surface area contributed by atoms with E-state index in [-0.39, 0.29) is 0 Å². The number of hydrogen-bond acceptors (Lipinski definition) is 6. The molecule has 27 heavy (non-hydrogen) atoms. The number of aliphatic imine (C=N–C) groups is 1. The maximum absolute atomic E-state index is 6.09. The highest BCUT2D eigenvalue weighted by Crippen LogP contribution is 2.28. The number of benzene rings is 1. The van der Waals surface area contributed by atoms with Gasteiger partial charge in [0.15, 0.2) is 5.82 Å². The molecule has 2 aromatic heterocycles. The standard InChI is InChI=1S/C21H24N6/c1-13-9-17(22)15(11-23-2)10-16(13)21-25-12-20-19(27-21)4-3-18(26-20)14-5-7-24-8-6-14/h3-4,9-12,14,24H,5-8,22H2,1-2H3. The Bertz CT molecular complexity index is 1000. The van der Waals surface area contributed by atoms with E-state index in [1.807, 2.05) is 25.3 Å². The van der Waals surface area contributed by atoms with E-state index in [0.29, 0.717) is 17.4 Å². The summed E-state index contributed by atoms with van der Waals surface area (Å²) >= 11 is 0. The van der Waals surface area contributed by atoms with Crippen LogP contribution in [-0.4, -0.2) is 41.3 Å². The molecule has 6 nitrogen and oxygen atoms in total. The van der Waals surface area contributed by atoms with Crippen LogP contribution in [0.3, 0.4) is 0 Å². The van der Waals surface area contributed by atoms with Crippen LogP contribution >= 0.6 is 0 Å². The van der Waals surface area contributed by atoms with Crippen molar-refractivity contribution in [2.75, 3.05) is 25.9 Å². The molecule has 1 aliphatic rings. The topological polar surface area (TPSA) is 89.1 Å². The number of nitrogens with zero attached hydrogens (tertiary/aromatic N) is 4. The molecule has 3 aromatic rings. The molecule has 4 rings (SSSR count). The fourth-order valence-corrected chi connectivity index (χ4v) is 3.65. The van der Waals surface area contributed by atoms with Crippen LogP contribution in [0.4, 0.5) is 5.69 Å². The number of aryl methyl sites for hydroxylation is 1. The molecule has 1 saturated heterocycles. The van der Waals surface area contributed by atoms with E-state index in [0.717, 1.165) is 59.3 Å². The van der Waals surface area contributed by atoms with Gasteiger partial charge in [0, 0.05) is 41.7 Å². The molecular formula is C21H24N6. The van der Waals surface area contributed by atoms with Crippen molar-refractivity contribution in [2.24, 2.45) is 4.99 Å². The molecule has 138 valence electrons. The highest BCUT2D eigenvalue weighted by Gasteiger charge is 2.17. The number of fused-ring (bicyclic) bond motifs is 1. The zero-order valence-corrected chi connectivity index (χ0v) is 15.7. The lowest BCUT2D eigenvalue weighted by molar-refractivity contribution is 0.454. The van der Waals surface area contributed by atoms with Crippen molar-refractivity contribution in [1.82, 2.24) is 20.3 Å². The smallest absolute Gasteiger partial charge is 0.160 e. The maximum atomic E-state index is 6.09. The van der Waals surface area contributed by atoms with Gasteiger partial charge in [-0.2, -0.15) is 0 Å². The van der Waals surface area contributed by atoms with Crippen molar-refractivity contribution in [3.8, 4) is 11.4 Å². The number of aromatic nitrogens is 3. The SMILES string of the molecule is CN=Cc1cc(-c2ncc3nc(C4CCNCC4)ccc3n2)c(C)cc1N. The molecule has 0 amide bonds. The average Bonchev–Trinajstić information content (AvgIpc) is 2.70. The first kappa shape index (κ1) is 17.5. The molecule has 0 radical (unpaired) electrons. The first-order valence-corrected chi connectivity index (χ1v) is 9.33. The van der Waals surface area contributed by atoms with Crippen molar-refractivity contribution in [3.63, 3.8) is 0 Å². The third kappa shape index (κ3) is 3.53. The Kier molecular flexibility index (Phi) is 4.81. The highest BCUT2D eigenvalue weighted by atomic mass is 14.9. The highest BCUT2D eigenvalue weighted by molar-refractivity contribution is 5.90. The Morgan fingerprint density at radius 2 is 1.96 bits per heavy atom. The van der Waals surface area contributed by atoms with Crippen LogP contribution in [0.2, 0.25) is 0 Å². The van der Waals surface area contributed by atoms with Gasteiger partial charge in [0.25, 0.3) is 0 Å². The summed E-state index contributed by atoms with van der Waals surface area (Å²) in [4.78, 5) is 18.2. The van der Waals surface area contributed by atoms with Gasteiger partial charge < -0.3 is 11.1 Å². The lowest BCUT2D eigenvalue weighted by Gasteiger charge is -2.22. The van der Waals surface area contributed by atoms with E-state index >= 15 is 0 Å². The average molecular weight is 360 g/mol. The van der Waals surface area contributed by atoms with Crippen LogP contribution in [0, 0.1) is 6.92 Å². The number of rotatable bonds is 3. The first-order valence-electron chi connectivity index (χ1n) is 9.33. The van der Waals surface area contributed by atoms with Crippen LogP contribution < -0.4 is 11.1 Å². The van der Waals surface area contributed by atoms with Crippen molar-refractivity contribution in [1.29, 1.82) is 0 Å². The zero-order chi connectivity index (χ0) is 18.8. The van der Waals surface area contributed by atoms with Crippen molar-refractivity contribution in [3.05, 3.63) is 47.3 Å². The number of piperidine rings is 1.